The number of amides is 1. The standard InChI is InChI=1S/C18H23N3O2.ClH/c1-11-9-14(7-8-19-11)17(22)21-16-6-4-5-15(10-16)18-20-12(2)13(3)23-18;/h4-6,10-11,14,19H,7-9H2,1-3H3,(H,21,22);1H/t11-,14-;/m0./s1. The molecule has 1 aliphatic rings. The van der Waals surface area contributed by atoms with Crippen molar-refractivity contribution in [3.05, 3.63) is 35.7 Å². The van der Waals surface area contributed by atoms with E-state index in [-0.39, 0.29) is 24.2 Å². The molecule has 6 heteroatoms. The summed E-state index contributed by atoms with van der Waals surface area (Å²) in [5.41, 5.74) is 2.54. The molecule has 24 heavy (non-hydrogen) atoms. The summed E-state index contributed by atoms with van der Waals surface area (Å²) in [6.07, 6.45) is 1.76. The molecule has 1 aromatic carbocycles. The van der Waals surface area contributed by atoms with Crippen LogP contribution < -0.4 is 10.6 Å². The highest BCUT2D eigenvalue weighted by atomic mass is 35.5. The second-order valence-electron chi connectivity index (χ2n) is 6.31. The van der Waals surface area contributed by atoms with E-state index in [4.69, 9.17) is 4.42 Å². The molecule has 0 bridgehead atoms. The van der Waals surface area contributed by atoms with E-state index in [0.29, 0.717) is 11.9 Å². The smallest absolute Gasteiger partial charge is 0.227 e. The van der Waals surface area contributed by atoms with E-state index in [9.17, 15) is 4.79 Å². The van der Waals surface area contributed by atoms with Gasteiger partial charge in [0, 0.05) is 23.2 Å². The Kier molecular flexibility index (Phi) is 6.02. The molecule has 0 unspecified atom stereocenters. The Morgan fingerprint density at radius 2 is 2.17 bits per heavy atom. The van der Waals surface area contributed by atoms with Crippen molar-refractivity contribution in [2.75, 3.05) is 11.9 Å². The summed E-state index contributed by atoms with van der Waals surface area (Å²) < 4.78 is 5.66. The van der Waals surface area contributed by atoms with Crippen molar-refractivity contribution in [2.45, 2.75) is 39.7 Å². The SMILES string of the molecule is Cc1nc(-c2cccc(NC(=O)[C@H]3CCN[C@@H](C)C3)c2)oc1C.Cl. The number of oxazole rings is 1. The first kappa shape index (κ1) is 18.5. The van der Waals surface area contributed by atoms with Crippen molar-refractivity contribution in [3.63, 3.8) is 0 Å². The first-order chi connectivity index (χ1) is 11.0. The van der Waals surface area contributed by atoms with Crippen LogP contribution in [-0.4, -0.2) is 23.5 Å². The zero-order chi connectivity index (χ0) is 16.4. The molecule has 0 radical (unpaired) electrons. The normalized spacial score (nSPS) is 20.3. The van der Waals surface area contributed by atoms with Crippen LogP contribution in [0.1, 0.15) is 31.2 Å². The van der Waals surface area contributed by atoms with Crippen LogP contribution in [0.4, 0.5) is 5.69 Å². The van der Waals surface area contributed by atoms with Gasteiger partial charge in [-0.3, -0.25) is 4.79 Å². The van der Waals surface area contributed by atoms with Crippen LogP contribution in [0, 0.1) is 19.8 Å². The summed E-state index contributed by atoms with van der Waals surface area (Å²) in [6.45, 7) is 6.84. The molecule has 1 aromatic heterocycles. The number of anilines is 1. The summed E-state index contributed by atoms with van der Waals surface area (Å²) in [4.78, 5) is 16.9. The molecule has 130 valence electrons. The molecule has 5 nitrogen and oxygen atoms in total. The number of rotatable bonds is 3. The van der Waals surface area contributed by atoms with Crippen LogP contribution in [0.2, 0.25) is 0 Å². The van der Waals surface area contributed by atoms with Gasteiger partial charge in [-0.2, -0.15) is 0 Å². The number of carbonyl (C=O) groups is 1. The Balaban J connectivity index is 0.00000208. The molecule has 1 saturated heterocycles. The Morgan fingerprint density at radius 1 is 1.38 bits per heavy atom. The maximum absolute atomic E-state index is 12.4. The van der Waals surface area contributed by atoms with Crippen LogP contribution in [0.3, 0.4) is 0 Å². The Hall–Kier alpha value is -1.85. The van der Waals surface area contributed by atoms with Crippen molar-refractivity contribution in [3.8, 4) is 11.5 Å². The molecule has 1 fully saturated rings. The number of nitrogens with zero attached hydrogens (tertiary/aromatic N) is 1. The molecular formula is C18H24ClN3O2. The number of hydrogen-bond acceptors (Lipinski definition) is 4. The van der Waals surface area contributed by atoms with E-state index >= 15 is 0 Å². The van der Waals surface area contributed by atoms with Crippen LogP contribution >= 0.6 is 12.4 Å². The lowest BCUT2D eigenvalue weighted by atomic mass is 9.92. The number of benzene rings is 1. The number of aryl methyl sites for hydroxylation is 2. The van der Waals surface area contributed by atoms with Crippen LogP contribution in [0.15, 0.2) is 28.7 Å². The third-order valence-corrected chi connectivity index (χ3v) is 4.40. The van der Waals surface area contributed by atoms with Crippen molar-refractivity contribution in [1.82, 2.24) is 10.3 Å². The van der Waals surface area contributed by atoms with Crippen molar-refractivity contribution < 1.29 is 9.21 Å². The lowest BCUT2D eigenvalue weighted by molar-refractivity contribution is -0.120. The van der Waals surface area contributed by atoms with Crippen LogP contribution in [-0.2, 0) is 4.79 Å². The maximum atomic E-state index is 12.4. The summed E-state index contributed by atoms with van der Waals surface area (Å²) >= 11 is 0. The number of halogens is 1. The van der Waals surface area contributed by atoms with E-state index in [0.717, 1.165) is 42.1 Å². The number of aromatic nitrogens is 1. The van der Waals surface area contributed by atoms with Crippen molar-refractivity contribution in [2.24, 2.45) is 5.92 Å². The van der Waals surface area contributed by atoms with Gasteiger partial charge in [0.05, 0.1) is 5.69 Å². The number of hydrogen-bond donors (Lipinski definition) is 2. The third-order valence-electron chi connectivity index (χ3n) is 4.40. The van der Waals surface area contributed by atoms with Gasteiger partial charge in [-0.15, -0.1) is 12.4 Å². The topological polar surface area (TPSA) is 67.2 Å². The average Bonchev–Trinajstić information content (AvgIpc) is 2.87. The fourth-order valence-corrected chi connectivity index (χ4v) is 2.94. The van der Waals surface area contributed by atoms with E-state index in [2.05, 4.69) is 22.5 Å². The van der Waals surface area contributed by atoms with Gasteiger partial charge in [-0.1, -0.05) is 6.07 Å². The molecule has 2 atom stereocenters. The van der Waals surface area contributed by atoms with Gasteiger partial charge in [-0.05, 0) is 58.4 Å². The van der Waals surface area contributed by atoms with E-state index in [1.54, 1.807) is 0 Å². The summed E-state index contributed by atoms with van der Waals surface area (Å²) in [5.74, 6) is 1.57. The zero-order valence-corrected chi connectivity index (χ0v) is 15.1. The first-order valence-corrected chi connectivity index (χ1v) is 8.11. The van der Waals surface area contributed by atoms with Gasteiger partial charge in [0.2, 0.25) is 11.8 Å². The fourth-order valence-electron chi connectivity index (χ4n) is 2.94. The van der Waals surface area contributed by atoms with Gasteiger partial charge in [0.25, 0.3) is 0 Å². The lowest BCUT2D eigenvalue weighted by Crippen LogP contribution is -2.40. The van der Waals surface area contributed by atoms with E-state index < -0.39 is 0 Å². The minimum absolute atomic E-state index is 0. The molecule has 0 aliphatic carbocycles. The van der Waals surface area contributed by atoms with Crippen LogP contribution in [0.5, 0.6) is 0 Å². The minimum atomic E-state index is 0. The fraction of sp³-hybridized carbons (Fsp3) is 0.444. The second kappa shape index (κ2) is 7.81. The Morgan fingerprint density at radius 3 is 2.83 bits per heavy atom. The third kappa shape index (κ3) is 4.16. The summed E-state index contributed by atoms with van der Waals surface area (Å²) in [7, 11) is 0. The molecule has 2 aromatic rings. The largest absolute Gasteiger partial charge is 0.441 e. The van der Waals surface area contributed by atoms with Gasteiger partial charge in [-0.25, -0.2) is 4.98 Å². The van der Waals surface area contributed by atoms with Gasteiger partial charge < -0.3 is 15.1 Å². The monoisotopic (exact) mass is 349 g/mol. The van der Waals surface area contributed by atoms with Gasteiger partial charge in [0.1, 0.15) is 5.76 Å². The highest BCUT2D eigenvalue weighted by Crippen LogP contribution is 2.25. The molecule has 0 spiro atoms. The molecule has 1 aliphatic heterocycles. The number of carbonyl (C=O) groups excluding carboxylic acids is 1. The first-order valence-electron chi connectivity index (χ1n) is 8.11. The predicted octanol–water partition coefficient (Wildman–Crippen LogP) is 3.71. The molecule has 2 N–H and O–H groups in total. The lowest BCUT2D eigenvalue weighted by Gasteiger charge is -2.27. The maximum Gasteiger partial charge on any atom is 0.227 e. The average molecular weight is 350 g/mol. The molecule has 0 saturated carbocycles. The second-order valence-corrected chi connectivity index (χ2v) is 6.31. The van der Waals surface area contributed by atoms with Gasteiger partial charge >= 0.3 is 0 Å². The summed E-state index contributed by atoms with van der Waals surface area (Å²) in [6, 6.07) is 8.04. The quantitative estimate of drug-likeness (QED) is 0.886. The van der Waals surface area contributed by atoms with E-state index in [1.165, 1.54) is 0 Å². The number of piperidine rings is 1. The predicted molar refractivity (Wildman–Crippen MR) is 97.5 cm³/mol. The highest BCUT2D eigenvalue weighted by molar-refractivity contribution is 5.93. The number of nitrogens with one attached hydrogen (secondary N) is 2. The highest BCUT2D eigenvalue weighted by Gasteiger charge is 2.24. The molecule has 1 amide bonds. The van der Waals surface area contributed by atoms with Crippen LogP contribution in [0.25, 0.3) is 11.5 Å². The van der Waals surface area contributed by atoms with Crippen molar-refractivity contribution in [1.29, 1.82) is 0 Å². The Bertz CT molecular complexity index is 695. The molecule has 3 rings (SSSR count). The minimum Gasteiger partial charge on any atom is -0.441 e. The van der Waals surface area contributed by atoms with Crippen molar-refractivity contribution >= 4 is 24.0 Å². The zero-order valence-electron chi connectivity index (χ0n) is 14.3. The summed E-state index contributed by atoms with van der Waals surface area (Å²) in [5, 5.41) is 6.40. The molecular weight excluding hydrogens is 326 g/mol. The van der Waals surface area contributed by atoms with E-state index in [1.807, 2.05) is 38.1 Å². The Labute approximate surface area is 148 Å². The van der Waals surface area contributed by atoms with Gasteiger partial charge in [0.15, 0.2) is 0 Å². The molecule has 2 heterocycles.